The first-order valence-corrected chi connectivity index (χ1v) is 14.1. The maximum absolute atomic E-state index is 13.9. The van der Waals surface area contributed by atoms with E-state index in [4.69, 9.17) is 0 Å². The van der Waals surface area contributed by atoms with Crippen LogP contribution in [-0.2, 0) is 27.8 Å². The van der Waals surface area contributed by atoms with Crippen molar-refractivity contribution < 1.29 is 9.59 Å². The van der Waals surface area contributed by atoms with E-state index >= 15 is 0 Å². The largest absolute Gasteiger partial charge is 0.384 e. The summed E-state index contributed by atoms with van der Waals surface area (Å²) in [5, 5.41) is 6.65. The van der Waals surface area contributed by atoms with E-state index in [1.54, 1.807) is 11.9 Å². The summed E-state index contributed by atoms with van der Waals surface area (Å²) >= 11 is 0. The number of nitrogens with zero attached hydrogens (tertiary/aromatic N) is 1. The Balaban J connectivity index is 1.46. The third kappa shape index (κ3) is 5.63. The SMILES string of the molecule is CCC(C)c1ccc(N(C)C(=O)C2Cc3cccc(c3)C/C=C\C3(CNc4ccc(C)cc43)CC(=O)N2)cc1. The van der Waals surface area contributed by atoms with E-state index in [2.05, 4.69) is 86.0 Å². The number of carbonyl (C=O) groups is 2. The molecule has 0 saturated carbocycles. The highest BCUT2D eigenvalue weighted by molar-refractivity contribution is 5.99. The standard InChI is InChI=1S/C34H39N3O2/c1-5-24(3)27-12-14-28(15-13-27)37(4)33(39)31-20-26-9-6-8-25(19-26)10-7-17-34(21-32(38)36-31)22-35-30-16-11-23(2)18-29(30)34/h6-9,11-19,24,31,35H,5,10,20-22H2,1-4H3,(H,36,38)/b17-7-. The number of rotatable bonds is 4. The number of nitrogens with one attached hydrogen (secondary N) is 2. The molecule has 2 aliphatic rings. The summed E-state index contributed by atoms with van der Waals surface area (Å²) in [6.45, 7) is 7.12. The summed E-state index contributed by atoms with van der Waals surface area (Å²) in [5.74, 6) is 0.234. The van der Waals surface area contributed by atoms with E-state index in [-0.39, 0.29) is 18.2 Å². The summed E-state index contributed by atoms with van der Waals surface area (Å²) in [5.41, 5.74) is 7.23. The Labute approximate surface area is 232 Å². The van der Waals surface area contributed by atoms with Crippen molar-refractivity contribution in [2.75, 3.05) is 23.8 Å². The molecule has 2 amide bonds. The van der Waals surface area contributed by atoms with Crippen LogP contribution in [-0.4, -0.2) is 31.4 Å². The third-order valence-corrected chi connectivity index (χ3v) is 8.43. The summed E-state index contributed by atoms with van der Waals surface area (Å²) in [6, 6.07) is 22.2. The monoisotopic (exact) mass is 521 g/mol. The van der Waals surface area contributed by atoms with Gasteiger partial charge in [0.05, 0.1) is 0 Å². The van der Waals surface area contributed by atoms with Crippen molar-refractivity contribution in [2.45, 2.75) is 63.8 Å². The number of anilines is 2. The fourth-order valence-corrected chi connectivity index (χ4v) is 5.83. The first-order chi connectivity index (χ1) is 18.8. The molecule has 0 saturated heterocycles. The molecule has 0 radical (unpaired) electrons. The maximum atomic E-state index is 13.9. The summed E-state index contributed by atoms with van der Waals surface area (Å²) in [7, 11) is 1.80. The molecule has 2 bridgehead atoms. The molecule has 0 aliphatic carbocycles. The highest BCUT2D eigenvalue weighted by Crippen LogP contribution is 2.41. The number of fused-ring (bicyclic) bond motifs is 4. The molecule has 3 aromatic rings. The lowest BCUT2D eigenvalue weighted by atomic mass is 9.77. The van der Waals surface area contributed by atoms with Gasteiger partial charge in [0.1, 0.15) is 6.04 Å². The van der Waals surface area contributed by atoms with Gasteiger partial charge in [-0.15, -0.1) is 0 Å². The van der Waals surface area contributed by atoms with Crippen LogP contribution in [0.4, 0.5) is 11.4 Å². The van der Waals surface area contributed by atoms with Crippen molar-refractivity contribution in [1.29, 1.82) is 0 Å². The molecule has 2 aliphatic heterocycles. The molecular weight excluding hydrogens is 482 g/mol. The fraction of sp³-hybridized carbons (Fsp3) is 0.353. The third-order valence-electron chi connectivity index (χ3n) is 8.43. The Morgan fingerprint density at radius 2 is 1.85 bits per heavy atom. The molecule has 0 aromatic heterocycles. The Hall–Kier alpha value is -3.86. The van der Waals surface area contributed by atoms with Crippen LogP contribution in [0.15, 0.2) is 78.9 Å². The first-order valence-electron chi connectivity index (χ1n) is 14.1. The number of carbonyl (C=O) groups excluding carboxylic acids is 2. The minimum atomic E-state index is -0.668. The van der Waals surface area contributed by atoms with Gasteiger partial charge < -0.3 is 15.5 Å². The van der Waals surface area contributed by atoms with E-state index in [9.17, 15) is 9.59 Å². The molecule has 1 spiro atoms. The highest BCUT2D eigenvalue weighted by atomic mass is 16.2. The summed E-state index contributed by atoms with van der Waals surface area (Å²) in [6.07, 6.45) is 6.95. The molecule has 202 valence electrons. The van der Waals surface area contributed by atoms with Gasteiger partial charge in [0.2, 0.25) is 11.8 Å². The second kappa shape index (κ2) is 11.1. The topological polar surface area (TPSA) is 61.4 Å². The van der Waals surface area contributed by atoms with Gasteiger partial charge in [0.15, 0.2) is 0 Å². The van der Waals surface area contributed by atoms with E-state index in [0.29, 0.717) is 18.9 Å². The number of hydrogen-bond donors (Lipinski definition) is 2. The zero-order chi connectivity index (χ0) is 27.6. The lowest BCUT2D eigenvalue weighted by Gasteiger charge is -2.29. The van der Waals surface area contributed by atoms with Gasteiger partial charge in [-0.3, -0.25) is 9.59 Å². The Bertz CT molecular complexity index is 1390. The number of amides is 2. The summed E-state index contributed by atoms with van der Waals surface area (Å²) in [4.78, 5) is 29.2. The van der Waals surface area contributed by atoms with E-state index < -0.39 is 11.5 Å². The molecule has 5 nitrogen and oxygen atoms in total. The molecule has 3 aromatic carbocycles. The van der Waals surface area contributed by atoms with Crippen molar-refractivity contribution in [2.24, 2.45) is 0 Å². The smallest absolute Gasteiger partial charge is 0.249 e. The van der Waals surface area contributed by atoms with Crippen LogP contribution in [0.25, 0.3) is 0 Å². The predicted octanol–water partition coefficient (Wildman–Crippen LogP) is 6.06. The minimum Gasteiger partial charge on any atom is -0.384 e. The van der Waals surface area contributed by atoms with Crippen LogP contribution in [0.3, 0.4) is 0 Å². The molecule has 3 atom stereocenters. The molecule has 3 unspecified atom stereocenters. The Morgan fingerprint density at radius 3 is 2.62 bits per heavy atom. The van der Waals surface area contributed by atoms with Crippen LogP contribution >= 0.6 is 0 Å². The zero-order valence-corrected chi connectivity index (χ0v) is 23.5. The van der Waals surface area contributed by atoms with Gasteiger partial charge >= 0.3 is 0 Å². The van der Waals surface area contributed by atoms with Crippen LogP contribution < -0.4 is 15.5 Å². The fourth-order valence-electron chi connectivity index (χ4n) is 5.83. The first kappa shape index (κ1) is 26.7. The minimum absolute atomic E-state index is 0.118. The van der Waals surface area contributed by atoms with Crippen molar-refractivity contribution in [3.63, 3.8) is 0 Å². The molecule has 5 rings (SSSR count). The van der Waals surface area contributed by atoms with Crippen molar-refractivity contribution >= 4 is 23.2 Å². The molecular formula is C34H39N3O2. The maximum Gasteiger partial charge on any atom is 0.249 e. The second-order valence-electron chi connectivity index (χ2n) is 11.3. The number of hydrogen-bond acceptors (Lipinski definition) is 3. The normalized spacial score (nSPS) is 22.1. The molecule has 0 fully saturated rings. The average molecular weight is 522 g/mol. The summed E-state index contributed by atoms with van der Waals surface area (Å²) < 4.78 is 0. The van der Waals surface area contributed by atoms with Gasteiger partial charge in [-0.1, -0.05) is 80.1 Å². The van der Waals surface area contributed by atoms with Gasteiger partial charge in [0, 0.05) is 43.2 Å². The van der Waals surface area contributed by atoms with Crippen molar-refractivity contribution in [3.8, 4) is 0 Å². The Kier molecular flexibility index (Phi) is 7.60. The van der Waals surface area contributed by atoms with Gasteiger partial charge in [-0.2, -0.15) is 0 Å². The number of likely N-dealkylation sites (N-methyl/N-ethyl adjacent to an activating group) is 1. The molecule has 2 N–H and O–H groups in total. The average Bonchev–Trinajstić information content (AvgIpc) is 3.28. The van der Waals surface area contributed by atoms with Crippen LogP contribution in [0.2, 0.25) is 0 Å². The Morgan fingerprint density at radius 1 is 1.08 bits per heavy atom. The lowest BCUT2D eigenvalue weighted by Crippen LogP contribution is -2.50. The number of aryl methyl sites for hydroxylation is 1. The van der Waals surface area contributed by atoms with Crippen LogP contribution in [0.5, 0.6) is 0 Å². The van der Waals surface area contributed by atoms with Crippen molar-refractivity contribution in [3.05, 3.63) is 107 Å². The zero-order valence-electron chi connectivity index (χ0n) is 23.5. The predicted molar refractivity (Wildman–Crippen MR) is 159 cm³/mol. The van der Waals surface area contributed by atoms with Gasteiger partial charge in [-0.25, -0.2) is 0 Å². The quantitative estimate of drug-likeness (QED) is 0.410. The van der Waals surface area contributed by atoms with Crippen LogP contribution in [0, 0.1) is 6.92 Å². The number of benzene rings is 3. The van der Waals surface area contributed by atoms with E-state index in [1.807, 2.05) is 24.3 Å². The van der Waals surface area contributed by atoms with E-state index in [0.717, 1.165) is 35.3 Å². The molecule has 5 heteroatoms. The highest BCUT2D eigenvalue weighted by Gasteiger charge is 2.39. The lowest BCUT2D eigenvalue weighted by molar-refractivity contribution is -0.128. The molecule has 39 heavy (non-hydrogen) atoms. The number of allylic oxidation sites excluding steroid dienone is 1. The van der Waals surface area contributed by atoms with Gasteiger partial charge in [0.25, 0.3) is 0 Å². The van der Waals surface area contributed by atoms with Gasteiger partial charge in [-0.05, 0) is 66.1 Å². The van der Waals surface area contributed by atoms with E-state index in [1.165, 1.54) is 16.7 Å². The molecule has 2 heterocycles. The second-order valence-corrected chi connectivity index (χ2v) is 11.3. The van der Waals surface area contributed by atoms with Crippen molar-refractivity contribution in [1.82, 2.24) is 5.32 Å². The van der Waals surface area contributed by atoms with Crippen LogP contribution in [0.1, 0.15) is 60.4 Å².